The van der Waals surface area contributed by atoms with Gasteiger partial charge >= 0.3 is 6.61 Å². The number of rotatable bonds is 9. The van der Waals surface area contributed by atoms with Crippen molar-refractivity contribution in [1.82, 2.24) is 24.1 Å². The third-order valence-corrected chi connectivity index (χ3v) is 9.34. The number of halogens is 4. The van der Waals surface area contributed by atoms with Crippen LogP contribution in [0.2, 0.25) is 0 Å². The summed E-state index contributed by atoms with van der Waals surface area (Å²) in [6.45, 7) is -0.944. The number of ether oxygens (including phenoxy) is 2. The number of para-hydroxylation sites is 1. The zero-order valence-corrected chi connectivity index (χ0v) is 25.8. The van der Waals surface area contributed by atoms with Crippen LogP contribution in [0, 0.1) is 18.6 Å². The second-order valence-corrected chi connectivity index (χ2v) is 13.1. The van der Waals surface area contributed by atoms with E-state index in [-0.39, 0.29) is 47.7 Å². The smallest absolute Gasteiger partial charge is 0.387 e. The van der Waals surface area contributed by atoms with E-state index in [2.05, 4.69) is 15.1 Å². The zero-order valence-electron chi connectivity index (χ0n) is 25.0. The third-order valence-electron chi connectivity index (χ3n) is 8.04. The van der Waals surface area contributed by atoms with E-state index in [0.29, 0.717) is 40.6 Å². The van der Waals surface area contributed by atoms with Crippen molar-refractivity contribution in [3.63, 3.8) is 0 Å². The SMILES string of the molecule is Cc1cc(Oc2c(F)cccc2F)ncc1-n1ncc(C(=O)c2cc3cc(OC(F)F)c(C4CCN(S(C)(=O)=O)CC4)cc3[nH]2)c1N. The van der Waals surface area contributed by atoms with Crippen LogP contribution in [0.4, 0.5) is 23.4 Å². The Balaban J connectivity index is 1.27. The molecule has 1 aliphatic rings. The van der Waals surface area contributed by atoms with Crippen LogP contribution in [0.15, 0.2) is 54.9 Å². The minimum absolute atomic E-state index is 0.0209. The highest BCUT2D eigenvalue weighted by Crippen LogP contribution is 2.39. The molecular weight excluding hydrogens is 644 g/mol. The quantitative estimate of drug-likeness (QED) is 0.150. The van der Waals surface area contributed by atoms with Crippen molar-refractivity contribution in [2.24, 2.45) is 0 Å². The lowest BCUT2D eigenvalue weighted by Crippen LogP contribution is -2.37. The van der Waals surface area contributed by atoms with Crippen molar-refractivity contribution in [3.05, 3.63) is 88.9 Å². The number of aryl methyl sites for hydroxylation is 1. The number of anilines is 1. The molecule has 0 bridgehead atoms. The largest absolute Gasteiger partial charge is 0.435 e. The summed E-state index contributed by atoms with van der Waals surface area (Å²) in [5, 5.41) is 4.68. The summed E-state index contributed by atoms with van der Waals surface area (Å²) in [6.07, 6.45) is 4.54. The molecule has 47 heavy (non-hydrogen) atoms. The summed E-state index contributed by atoms with van der Waals surface area (Å²) in [4.78, 5) is 20.7. The van der Waals surface area contributed by atoms with Gasteiger partial charge in [0.05, 0.1) is 35.6 Å². The summed E-state index contributed by atoms with van der Waals surface area (Å²) >= 11 is 0. The van der Waals surface area contributed by atoms with Crippen molar-refractivity contribution in [2.45, 2.75) is 32.3 Å². The number of benzene rings is 2. The number of H-pyrrole nitrogens is 1. The maximum absolute atomic E-state index is 14.0. The lowest BCUT2D eigenvalue weighted by molar-refractivity contribution is -0.0506. The molecule has 0 atom stereocenters. The molecule has 1 aliphatic heterocycles. The predicted molar refractivity (Wildman–Crippen MR) is 164 cm³/mol. The Kier molecular flexibility index (Phi) is 8.40. The fraction of sp³-hybridized carbons (Fsp3) is 0.258. The average Bonchev–Trinajstić information content (AvgIpc) is 3.61. The number of nitrogens with one attached hydrogen (secondary N) is 1. The van der Waals surface area contributed by atoms with Crippen LogP contribution in [0.5, 0.6) is 17.4 Å². The van der Waals surface area contributed by atoms with Gasteiger partial charge in [0.15, 0.2) is 11.6 Å². The molecule has 3 aromatic heterocycles. The first-order chi connectivity index (χ1) is 22.3. The van der Waals surface area contributed by atoms with Crippen molar-refractivity contribution in [3.8, 4) is 23.1 Å². The van der Waals surface area contributed by atoms with E-state index in [1.54, 1.807) is 13.0 Å². The number of hydrogen-bond donors (Lipinski definition) is 2. The van der Waals surface area contributed by atoms with E-state index in [0.717, 1.165) is 18.4 Å². The van der Waals surface area contributed by atoms with E-state index >= 15 is 0 Å². The Bertz CT molecular complexity index is 2090. The molecule has 5 aromatic rings. The number of alkyl halides is 2. The number of nitrogens with zero attached hydrogens (tertiary/aromatic N) is 4. The first-order valence-electron chi connectivity index (χ1n) is 14.3. The summed E-state index contributed by atoms with van der Waals surface area (Å²) in [5.41, 5.74) is 8.36. The van der Waals surface area contributed by atoms with Gasteiger partial charge in [-0.15, -0.1) is 0 Å². The molecule has 2 aromatic carbocycles. The molecule has 0 unspecified atom stereocenters. The lowest BCUT2D eigenvalue weighted by atomic mass is 9.89. The number of piperidine rings is 1. The van der Waals surface area contributed by atoms with Gasteiger partial charge in [0.2, 0.25) is 27.4 Å². The van der Waals surface area contributed by atoms with Crippen LogP contribution < -0.4 is 15.2 Å². The van der Waals surface area contributed by atoms with E-state index in [1.807, 2.05) is 0 Å². The number of carbonyl (C=O) groups excluding carboxylic acids is 1. The molecule has 0 saturated carbocycles. The summed E-state index contributed by atoms with van der Waals surface area (Å²) in [5.74, 6) is -3.31. The Morgan fingerprint density at radius 3 is 2.43 bits per heavy atom. The zero-order chi connectivity index (χ0) is 33.6. The molecule has 4 heterocycles. The molecule has 6 rings (SSSR count). The van der Waals surface area contributed by atoms with Gasteiger partial charge in [0.25, 0.3) is 0 Å². The number of nitrogens with two attached hydrogens (primary N) is 1. The minimum Gasteiger partial charge on any atom is -0.435 e. The van der Waals surface area contributed by atoms with E-state index in [1.165, 1.54) is 45.6 Å². The van der Waals surface area contributed by atoms with Gasteiger partial charge in [-0.2, -0.15) is 13.9 Å². The van der Waals surface area contributed by atoms with Gasteiger partial charge in [-0.25, -0.2) is 31.2 Å². The van der Waals surface area contributed by atoms with Crippen LogP contribution >= 0.6 is 0 Å². The molecule has 0 amide bonds. The Morgan fingerprint density at radius 1 is 1.09 bits per heavy atom. The van der Waals surface area contributed by atoms with Gasteiger partial charge in [0.1, 0.15) is 11.6 Å². The summed E-state index contributed by atoms with van der Waals surface area (Å²) in [7, 11) is -3.38. The number of hydrogen-bond acceptors (Lipinski definition) is 8. The summed E-state index contributed by atoms with van der Waals surface area (Å²) in [6, 6.07) is 9.30. The van der Waals surface area contributed by atoms with Crippen molar-refractivity contribution in [1.29, 1.82) is 0 Å². The number of carbonyl (C=O) groups is 1. The maximum atomic E-state index is 14.0. The van der Waals surface area contributed by atoms with Crippen molar-refractivity contribution in [2.75, 3.05) is 25.1 Å². The van der Waals surface area contributed by atoms with Crippen LogP contribution in [-0.4, -0.2) is 64.2 Å². The van der Waals surface area contributed by atoms with Gasteiger partial charge in [-0.3, -0.25) is 4.79 Å². The van der Waals surface area contributed by atoms with Crippen LogP contribution in [0.25, 0.3) is 16.6 Å². The topological polar surface area (TPSA) is 145 Å². The molecule has 1 fully saturated rings. The molecule has 3 N–H and O–H groups in total. The fourth-order valence-electron chi connectivity index (χ4n) is 5.67. The second-order valence-electron chi connectivity index (χ2n) is 11.1. The Labute approximate surface area is 266 Å². The second kappa shape index (κ2) is 12.3. The monoisotopic (exact) mass is 672 g/mol. The number of aromatic amines is 1. The highest BCUT2D eigenvalue weighted by Gasteiger charge is 2.29. The lowest BCUT2D eigenvalue weighted by Gasteiger charge is -2.31. The van der Waals surface area contributed by atoms with Gasteiger partial charge in [-0.05, 0) is 67.1 Å². The van der Waals surface area contributed by atoms with Gasteiger partial charge < -0.3 is 20.2 Å². The van der Waals surface area contributed by atoms with Crippen LogP contribution in [0.1, 0.15) is 45.9 Å². The molecular formula is C31H28F4N6O5S. The maximum Gasteiger partial charge on any atom is 0.387 e. The van der Waals surface area contributed by atoms with Gasteiger partial charge in [-0.1, -0.05) is 6.07 Å². The first-order valence-corrected chi connectivity index (χ1v) is 16.2. The Morgan fingerprint density at radius 2 is 1.79 bits per heavy atom. The molecule has 1 saturated heterocycles. The Hall–Kier alpha value is -4.96. The third kappa shape index (κ3) is 6.38. The number of fused-ring (bicyclic) bond motifs is 1. The number of aromatic nitrogens is 4. The molecule has 0 radical (unpaired) electrons. The predicted octanol–water partition coefficient (Wildman–Crippen LogP) is 5.68. The van der Waals surface area contributed by atoms with E-state index in [4.69, 9.17) is 15.2 Å². The van der Waals surface area contributed by atoms with Crippen LogP contribution in [0.3, 0.4) is 0 Å². The molecule has 11 nitrogen and oxygen atoms in total. The first kappa shape index (κ1) is 32.0. The minimum atomic E-state index is -3.38. The van der Waals surface area contributed by atoms with E-state index < -0.39 is 39.8 Å². The molecule has 16 heteroatoms. The standard InChI is InChI=1S/C31H28F4N6O5S/c1-16-10-27(46-29-21(32)4-3-5-22(29)33)37-15-25(16)41-30(36)20(14-38-41)28(42)24-11-18-12-26(45-31(34)35)19(13-23(18)39-24)17-6-8-40(9-7-17)47(2,43)44/h3-5,10-15,17,31,39H,6-9,36H2,1-2H3. The molecule has 246 valence electrons. The van der Waals surface area contributed by atoms with Gasteiger partial charge in [0, 0.05) is 30.1 Å². The normalized spacial score (nSPS) is 14.6. The van der Waals surface area contributed by atoms with E-state index in [9.17, 15) is 30.8 Å². The number of nitrogen functional groups attached to an aromatic ring is 1. The average molecular weight is 673 g/mol. The van der Waals surface area contributed by atoms with Crippen molar-refractivity contribution < 1.29 is 40.2 Å². The number of pyridine rings is 1. The highest BCUT2D eigenvalue weighted by molar-refractivity contribution is 7.88. The van der Waals surface area contributed by atoms with Crippen molar-refractivity contribution >= 4 is 32.5 Å². The number of ketones is 1. The molecule has 0 aliphatic carbocycles. The molecule has 0 spiro atoms. The summed E-state index contributed by atoms with van der Waals surface area (Å²) < 4.78 is 91.5. The number of sulfonamides is 1. The fourth-order valence-corrected chi connectivity index (χ4v) is 6.54. The van der Waals surface area contributed by atoms with Crippen LogP contribution in [-0.2, 0) is 10.0 Å². The highest BCUT2D eigenvalue weighted by atomic mass is 32.2.